The zero-order valence-corrected chi connectivity index (χ0v) is 15.0. The first-order chi connectivity index (χ1) is 14.4. The number of hydrogen-bond acceptors (Lipinski definition) is 8. The number of hydrogen-bond donors (Lipinski definition) is 1. The van der Waals surface area contributed by atoms with Crippen LogP contribution in [0.25, 0.3) is 22.6 Å². The van der Waals surface area contributed by atoms with Gasteiger partial charge in [-0.25, -0.2) is 4.98 Å². The molecule has 0 fully saturated rings. The lowest BCUT2D eigenvalue weighted by Crippen LogP contribution is -2.12. The summed E-state index contributed by atoms with van der Waals surface area (Å²) in [6.45, 7) is 0. The molecule has 0 aliphatic rings. The van der Waals surface area contributed by atoms with Crippen LogP contribution in [-0.2, 0) is 0 Å². The summed E-state index contributed by atoms with van der Waals surface area (Å²) in [6, 6.07) is 11.0. The maximum Gasteiger partial charge on any atom is 0.277 e. The van der Waals surface area contributed by atoms with Crippen molar-refractivity contribution in [2.24, 2.45) is 0 Å². The van der Waals surface area contributed by atoms with E-state index in [9.17, 15) is 25.0 Å². The van der Waals surface area contributed by atoms with E-state index in [1.807, 2.05) is 0 Å². The zero-order chi connectivity index (χ0) is 21.3. The first kappa shape index (κ1) is 18.7. The maximum absolute atomic E-state index is 12.5. The van der Waals surface area contributed by atoms with Crippen LogP contribution in [0.4, 0.5) is 17.1 Å². The molecule has 4 rings (SSSR count). The van der Waals surface area contributed by atoms with Crippen molar-refractivity contribution >= 4 is 34.1 Å². The van der Waals surface area contributed by atoms with Crippen molar-refractivity contribution in [1.29, 1.82) is 0 Å². The molecule has 1 N–H and O–H groups in total. The number of nitrogens with zero attached hydrogens (tertiary/aromatic N) is 4. The number of benzene rings is 2. The number of anilines is 1. The zero-order valence-electron chi connectivity index (χ0n) is 15.0. The fraction of sp³-hybridized carbons (Fsp3) is 0. The van der Waals surface area contributed by atoms with Crippen molar-refractivity contribution in [2.45, 2.75) is 0 Å². The summed E-state index contributed by atoms with van der Waals surface area (Å²) < 4.78 is 5.71. The lowest BCUT2D eigenvalue weighted by atomic mass is 10.1. The van der Waals surface area contributed by atoms with Crippen molar-refractivity contribution in [2.75, 3.05) is 5.32 Å². The van der Waals surface area contributed by atoms with Crippen LogP contribution in [0.5, 0.6) is 0 Å². The second-order valence-electron chi connectivity index (χ2n) is 6.14. The van der Waals surface area contributed by atoms with Crippen LogP contribution in [-0.4, -0.2) is 25.7 Å². The van der Waals surface area contributed by atoms with E-state index in [1.165, 1.54) is 6.07 Å². The Labute approximate surface area is 167 Å². The Kier molecular flexibility index (Phi) is 4.60. The topological polar surface area (TPSA) is 154 Å². The SMILES string of the molecule is O=C(Nc1ccc2nc(-c3ccncc3)oc2c1)c1cc([N+](=O)[O-])cc([N+](=O)[O-])c1. The first-order valence-corrected chi connectivity index (χ1v) is 8.47. The summed E-state index contributed by atoms with van der Waals surface area (Å²) in [5.41, 5.74) is 0.709. The summed E-state index contributed by atoms with van der Waals surface area (Å²) in [5, 5.41) is 24.6. The smallest absolute Gasteiger partial charge is 0.277 e. The summed E-state index contributed by atoms with van der Waals surface area (Å²) in [5.74, 6) is -0.361. The Balaban J connectivity index is 1.63. The number of oxazole rings is 1. The number of aromatic nitrogens is 2. The molecule has 11 heteroatoms. The van der Waals surface area contributed by atoms with E-state index in [0.29, 0.717) is 22.7 Å². The number of nitrogens with one attached hydrogen (secondary N) is 1. The Morgan fingerprint density at radius 3 is 2.23 bits per heavy atom. The van der Waals surface area contributed by atoms with Gasteiger partial charge in [-0.2, -0.15) is 0 Å². The van der Waals surface area contributed by atoms with Gasteiger partial charge in [0.2, 0.25) is 5.89 Å². The second kappa shape index (κ2) is 7.39. The molecular formula is C19H11N5O6. The lowest BCUT2D eigenvalue weighted by molar-refractivity contribution is -0.394. The number of carbonyl (C=O) groups excluding carboxylic acids is 1. The fourth-order valence-electron chi connectivity index (χ4n) is 2.76. The molecule has 0 saturated carbocycles. The standard InChI is InChI=1S/C19H11N5O6/c25-18(12-7-14(23(26)27)10-15(8-12)24(28)29)21-13-1-2-16-17(9-13)30-19(22-16)11-3-5-20-6-4-11/h1-10H,(H,21,25). The summed E-state index contributed by atoms with van der Waals surface area (Å²) in [7, 11) is 0. The van der Waals surface area contributed by atoms with Gasteiger partial charge in [0.15, 0.2) is 5.58 Å². The molecule has 1 amide bonds. The molecule has 2 aromatic heterocycles. The molecule has 0 bridgehead atoms. The van der Waals surface area contributed by atoms with Crippen molar-refractivity contribution in [3.8, 4) is 11.5 Å². The molecule has 0 saturated heterocycles. The lowest BCUT2D eigenvalue weighted by Gasteiger charge is -2.05. The van der Waals surface area contributed by atoms with E-state index < -0.39 is 27.1 Å². The summed E-state index contributed by atoms with van der Waals surface area (Å²) >= 11 is 0. The van der Waals surface area contributed by atoms with Crippen LogP contribution in [0.15, 0.2) is 65.3 Å². The van der Waals surface area contributed by atoms with E-state index in [0.717, 1.165) is 23.8 Å². The number of non-ortho nitro benzene ring substituents is 2. The van der Waals surface area contributed by atoms with Gasteiger partial charge in [0.25, 0.3) is 17.3 Å². The molecular weight excluding hydrogens is 394 g/mol. The van der Waals surface area contributed by atoms with Gasteiger partial charge in [-0.3, -0.25) is 30.0 Å². The van der Waals surface area contributed by atoms with E-state index in [4.69, 9.17) is 4.42 Å². The molecule has 4 aromatic rings. The highest BCUT2D eigenvalue weighted by Crippen LogP contribution is 2.27. The summed E-state index contributed by atoms with van der Waals surface area (Å²) in [6.07, 6.45) is 3.21. The molecule has 0 atom stereocenters. The average molecular weight is 405 g/mol. The van der Waals surface area contributed by atoms with Crippen LogP contribution < -0.4 is 5.32 Å². The molecule has 2 aromatic carbocycles. The molecule has 148 valence electrons. The highest BCUT2D eigenvalue weighted by molar-refractivity contribution is 6.05. The van der Waals surface area contributed by atoms with Crippen molar-refractivity contribution < 1.29 is 19.1 Å². The minimum absolute atomic E-state index is 0.217. The predicted octanol–water partition coefficient (Wildman–Crippen LogP) is 3.96. The minimum Gasteiger partial charge on any atom is -0.436 e. The molecule has 0 unspecified atom stereocenters. The Bertz CT molecular complexity index is 1270. The maximum atomic E-state index is 12.5. The van der Waals surface area contributed by atoms with E-state index in [2.05, 4.69) is 15.3 Å². The average Bonchev–Trinajstić information content (AvgIpc) is 3.17. The minimum atomic E-state index is -0.801. The third-order valence-corrected chi connectivity index (χ3v) is 4.16. The van der Waals surface area contributed by atoms with Crippen LogP contribution in [0.3, 0.4) is 0 Å². The Morgan fingerprint density at radius 1 is 0.933 bits per heavy atom. The molecule has 0 aliphatic heterocycles. The van der Waals surface area contributed by atoms with Crippen LogP contribution in [0, 0.1) is 20.2 Å². The molecule has 0 aliphatic carbocycles. The van der Waals surface area contributed by atoms with Gasteiger partial charge in [0.05, 0.1) is 21.5 Å². The largest absolute Gasteiger partial charge is 0.436 e. The number of nitro groups is 2. The van der Waals surface area contributed by atoms with Crippen LogP contribution in [0.2, 0.25) is 0 Å². The van der Waals surface area contributed by atoms with Crippen molar-refractivity contribution in [3.05, 3.63) is 86.7 Å². The Hall–Kier alpha value is -4.67. The highest BCUT2D eigenvalue weighted by atomic mass is 16.6. The van der Waals surface area contributed by atoms with Crippen LogP contribution in [0.1, 0.15) is 10.4 Å². The molecule has 0 radical (unpaired) electrons. The number of fused-ring (bicyclic) bond motifs is 1. The Morgan fingerprint density at radius 2 is 1.60 bits per heavy atom. The van der Waals surface area contributed by atoms with Gasteiger partial charge in [0, 0.05) is 41.8 Å². The number of amides is 1. The molecule has 30 heavy (non-hydrogen) atoms. The summed E-state index contributed by atoms with van der Waals surface area (Å²) in [4.78, 5) is 41.2. The van der Waals surface area contributed by atoms with E-state index in [1.54, 1.807) is 36.7 Å². The quantitative estimate of drug-likeness (QED) is 0.386. The van der Waals surface area contributed by atoms with Crippen molar-refractivity contribution in [3.63, 3.8) is 0 Å². The third kappa shape index (κ3) is 3.67. The van der Waals surface area contributed by atoms with Gasteiger partial charge in [-0.05, 0) is 24.3 Å². The monoisotopic (exact) mass is 405 g/mol. The predicted molar refractivity (Wildman–Crippen MR) is 105 cm³/mol. The van der Waals surface area contributed by atoms with Gasteiger partial charge < -0.3 is 9.73 Å². The highest BCUT2D eigenvalue weighted by Gasteiger charge is 2.20. The molecule has 0 spiro atoms. The second-order valence-corrected chi connectivity index (χ2v) is 6.14. The van der Waals surface area contributed by atoms with Gasteiger partial charge in [0.1, 0.15) is 5.52 Å². The molecule has 2 heterocycles. The number of pyridine rings is 1. The first-order valence-electron chi connectivity index (χ1n) is 8.47. The third-order valence-electron chi connectivity index (χ3n) is 4.16. The fourth-order valence-corrected chi connectivity index (χ4v) is 2.76. The number of nitro benzene ring substituents is 2. The van der Waals surface area contributed by atoms with Gasteiger partial charge in [-0.15, -0.1) is 0 Å². The van der Waals surface area contributed by atoms with Gasteiger partial charge >= 0.3 is 0 Å². The molecule has 11 nitrogen and oxygen atoms in total. The van der Waals surface area contributed by atoms with E-state index >= 15 is 0 Å². The van der Waals surface area contributed by atoms with Gasteiger partial charge in [-0.1, -0.05) is 0 Å². The number of carbonyl (C=O) groups is 1. The number of rotatable bonds is 5. The van der Waals surface area contributed by atoms with Crippen LogP contribution >= 0.6 is 0 Å². The normalized spacial score (nSPS) is 10.7. The van der Waals surface area contributed by atoms with E-state index in [-0.39, 0.29) is 5.56 Å². The van der Waals surface area contributed by atoms with Crippen molar-refractivity contribution in [1.82, 2.24) is 9.97 Å².